The second-order valence-electron chi connectivity index (χ2n) is 5.97. The minimum atomic E-state index is -0.308. The van der Waals surface area contributed by atoms with Crippen LogP contribution in [0.2, 0.25) is 0 Å². The summed E-state index contributed by atoms with van der Waals surface area (Å²) in [4.78, 5) is 12.7. The van der Waals surface area contributed by atoms with Crippen molar-refractivity contribution in [2.24, 2.45) is 5.73 Å². The predicted octanol–water partition coefficient (Wildman–Crippen LogP) is 2.82. The summed E-state index contributed by atoms with van der Waals surface area (Å²) < 4.78 is 1.86. The molecule has 0 aliphatic heterocycles. The molecule has 0 atom stereocenters. The third-order valence-electron chi connectivity index (χ3n) is 3.70. The molecule has 0 unspecified atom stereocenters. The molecule has 0 saturated carbocycles. The van der Waals surface area contributed by atoms with E-state index in [4.69, 9.17) is 5.73 Å². The molecule has 3 heteroatoms. The van der Waals surface area contributed by atoms with Crippen LogP contribution in [0.3, 0.4) is 0 Å². The van der Waals surface area contributed by atoms with E-state index in [9.17, 15) is 4.79 Å². The number of nitrogens with two attached hydrogens (primary N) is 1. The molecule has 0 bridgehead atoms. The largest absolute Gasteiger partial charge is 0.330 e. The second-order valence-corrected chi connectivity index (χ2v) is 5.97. The monoisotopic (exact) mass is 258 g/mol. The van der Waals surface area contributed by atoms with Crippen LogP contribution in [0.5, 0.6) is 0 Å². The number of benzene rings is 1. The predicted molar refractivity (Wildman–Crippen MR) is 80.7 cm³/mol. The summed E-state index contributed by atoms with van der Waals surface area (Å²) in [6.45, 7) is 8.56. The van der Waals surface area contributed by atoms with Crippen LogP contribution >= 0.6 is 0 Å². The van der Waals surface area contributed by atoms with Crippen molar-refractivity contribution in [3.63, 3.8) is 0 Å². The number of para-hydroxylation sites is 1. The third kappa shape index (κ3) is 2.30. The lowest BCUT2D eigenvalue weighted by Crippen LogP contribution is -2.37. The number of pyridine rings is 1. The van der Waals surface area contributed by atoms with Crippen LogP contribution < -0.4 is 11.3 Å². The number of rotatable bonds is 3. The summed E-state index contributed by atoms with van der Waals surface area (Å²) in [6.07, 6.45) is 0. The first-order valence-electron chi connectivity index (χ1n) is 6.73. The van der Waals surface area contributed by atoms with E-state index in [2.05, 4.69) is 0 Å². The maximum atomic E-state index is 12.7. The molecule has 2 rings (SSSR count). The Morgan fingerprint density at radius 1 is 1.26 bits per heavy atom. The van der Waals surface area contributed by atoms with Crippen molar-refractivity contribution in [3.05, 3.63) is 46.2 Å². The molecule has 1 aromatic heterocycles. The molecular formula is C16H22N2O. The molecule has 19 heavy (non-hydrogen) atoms. The van der Waals surface area contributed by atoms with Crippen LogP contribution in [0.15, 0.2) is 35.1 Å². The van der Waals surface area contributed by atoms with Gasteiger partial charge in [0.1, 0.15) is 0 Å². The molecule has 0 saturated heterocycles. The number of hydrogen-bond acceptors (Lipinski definition) is 2. The van der Waals surface area contributed by atoms with E-state index < -0.39 is 0 Å². The zero-order valence-electron chi connectivity index (χ0n) is 12.1. The van der Waals surface area contributed by atoms with E-state index >= 15 is 0 Å². The van der Waals surface area contributed by atoms with Gasteiger partial charge in [-0.25, -0.2) is 0 Å². The highest BCUT2D eigenvalue weighted by Crippen LogP contribution is 2.24. The quantitative estimate of drug-likeness (QED) is 0.920. The number of nitrogens with zero attached hydrogens (tertiary/aromatic N) is 1. The van der Waals surface area contributed by atoms with E-state index in [0.717, 1.165) is 16.5 Å². The molecule has 2 aromatic rings. The van der Waals surface area contributed by atoms with Gasteiger partial charge in [-0.2, -0.15) is 0 Å². The Labute approximate surface area is 114 Å². The van der Waals surface area contributed by atoms with Crippen LogP contribution in [0.4, 0.5) is 0 Å². The minimum absolute atomic E-state index is 0.0733. The van der Waals surface area contributed by atoms with E-state index in [1.165, 1.54) is 0 Å². The first-order chi connectivity index (χ1) is 8.88. The molecule has 2 N–H and O–H groups in total. The summed E-state index contributed by atoms with van der Waals surface area (Å²) in [5, 5.41) is 1.09. The topological polar surface area (TPSA) is 48.0 Å². The lowest BCUT2D eigenvalue weighted by Gasteiger charge is -2.25. The highest BCUT2D eigenvalue weighted by atomic mass is 16.1. The lowest BCUT2D eigenvalue weighted by atomic mass is 9.85. The standard InChI is InChI=1S/C16H22N2O/c1-11(2)18-14-8-6-5-7-12(14)9-13(15(18)19)16(3,4)10-17/h5-9,11H,10,17H2,1-4H3. The summed E-state index contributed by atoms with van der Waals surface area (Å²) in [6, 6.07) is 10.1. The SMILES string of the molecule is CC(C)n1c(=O)c(C(C)(C)CN)cc2ccccc21. The molecule has 1 heterocycles. The summed E-state index contributed by atoms with van der Waals surface area (Å²) in [7, 11) is 0. The van der Waals surface area contributed by atoms with Gasteiger partial charge in [0.15, 0.2) is 0 Å². The van der Waals surface area contributed by atoms with Crippen LogP contribution in [0.25, 0.3) is 10.9 Å². The van der Waals surface area contributed by atoms with Crippen molar-refractivity contribution < 1.29 is 0 Å². The van der Waals surface area contributed by atoms with E-state index in [-0.39, 0.29) is 17.0 Å². The van der Waals surface area contributed by atoms with Gasteiger partial charge in [0.05, 0.1) is 5.52 Å². The Balaban J connectivity index is 2.89. The Bertz CT molecular complexity index is 653. The van der Waals surface area contributed by atoms with Gasteiger partial charge in [-0.15, -0.1) is 0 Å². The Morgan fingerprint density at radius 3 is 2.47 bits per heavy atom. The number of fused-ring (bicyclic) bond motifs is 1. The van der Waals surface area contributed by atoms with Crippen molar-refractivity contribution >= 4 is 10.9 Å². The fourth-order valence-corrected chi connectivity index (χ4v) is 2.39. The van der Waals surface area contributed by atoms with Crippen LogP contribution in [-0.2, 0) is 5.41 Å². The first kappa shape index (κ1) is 13.8. The van der Waals surface area contributed by atoms with Gasteiger partial charge in [0.25, 0.3) is 5.56 Å². The fraction of sp³-hybridized carbons (Fsp3) is 0.438. The zero-order chi connectivity index (χ0) is 14.2. The highest BCUT2D eigenvalue weighted by Gasteiger charge is 2.24. The van der Waals surface area contributed by atoms with Crippen LogP contribution in [-0.4, -0.2) is 11.1 Å². The van der Waals surface area contributed by atoms with Crippen LogP contribution in [0.1, 0.15) is 39.3 Å². The second kappa shape index (κ2) is 4.82. The highest BCUT2D eigenvalue weighted by molar-refractivity contribution is 5.80. The average Bonchev–Trinajstić information content (AvgIpc) is 2.37. The molecule has 0 fully saturated rings. The van der Waals surface area contributed by atoms with Crippen molar-refractivity contribution in [1.82, 2.24) is 4.57 Å². The molecule has 3 nitrogen and oxygen atoms in total. The van der Waals surface area contributed by atoms with Gasteiger partial charge in [-0.05, 0) is 31.4 Å². The molecule has 0 amide bonds. The van der Waals surface area contributed by atoms with Crippen molar-refractivity contribution in [2.75, 3.05) is 6.54 Å². The van der Waals surface area contributed by atoms with Gasteiger partial charge < -0.3 is 10.3 Å². The molecule has 1 aromatic carbocycles. The Kier molecular flexibility index (Phi) is 3.50. The van der Waals surface area contributed by atoms with Gasteiger partial charge in [-0.3, -0.25) is 4.79 Å². The van der Waals surface area contributed by atoms with Gasteiger partial charge in [0, 0.05) is 23.6 Å². The van der Waals surface area contributed by atoms with Crippen molar-refractivity contribution in [1.29, 1.82) is 0 Å². The number of aromatic nitrogens is 1. The Morgan fingerprint density at radius 2 is 1.89 bits per heavy atom. The van der Waals surface area contributed by atoms with E-state index in [1.54, 1.807) is 0 Å². The molecule has 102 valence electrons. The summed E-state index contributed by atoms with van der Waals surface area (Å²) >= 11 is 0. The molecule has 0 aliphatic carbocycles. The molecule has 0 spiro atoms. The van der Waals surface area contributed by atoms with Gasteiger partial charge in [0.2, 0.25) is 0 Å². The first-order valence-corrected chi connectivity index (χ1v) is 6.73. The summed E-state index contributed by atoms with van der Waals surface area (Å²) in [5.74, 6) is 0. The normalized spacial score (nSPS) is 12.3. The van der Waals surface area contributed by atoms with Gasteiger partial charge >= 0.3 is 0 Å². The third-order valence-corrected chi connectivity index (χ3v) is 3.70. The molecule has 0 radical (unpaired) electrons. The molecular weight excluding hydrogens is 236 g/mol. The maximum absolute atomic E-state index is 12.7. The molecule has 0 aliphatic rings. The maximum Gasteiger partial charge on any atom is 0.255 e. The van der Waals surface area contributed by atoms with Crippen molar-refractivity contribution in [3.8, 4) is 0 Å². The Hall–Kier alpha value is -1.61. The van der Waals surface area contributed by atoms with Gasteiger partial charge in [-0.1, -0.05) is 32.0 Å². The lowest BCUT2D eigenvalue weighted by molar-refractivity contribution is 0.514. The average molecular weight is 258 g/mol. The number of hydrogen-bond donors (Lipinski definition) is 1. The van der Waals surface area contributed by atoms with E-state index in [0.29, 0.717) is 6.54 Å². The minimum Gasteiger partial charge on any atom is -0.330 e. The van der Waals surface area contributed by atoms with Crippen LogP contribution in [0, 0.1) is 0 Å². The van der Waals surface area contributed by atoms with E-state index in [1.807, 2.05) is 62.6 Å². The smallest absolute Gasteiger partial charge is 0.255 e. The zero-order valence-corrected chi connectivity index (χ0v) is 12.1. The van der Waals surface area contributed by atoms with Crippen molar-refractivity contribution in [2.45, 2.75) is 39.2 Å². The summed E-state index contributed by atoms with van der Waals surface area (Å²) in [5.41, 5.74) is 7.37. The fourth-order valence-electron chi connectivity index (χ4n) is 2.39.